The van der Waals surface area contributed by atoms with Crippen LogP contribution in [0.15, 0.2) is 40.2 Å². The highest BCUT2D eigenvalue weighted by molar-refractivity contribution is 8.01. The number of anilines is 1. The van der Waals surface area contributed by atoms with Gasteiger partial charge in [-0.3, -0.25) is 4.79 Å². The SMILES string of the molecule is O=C(CCSc1nccs1)Nc1ccc(F)cc1. The number of rotatable bonds is 5. The van der Waals surface area contributed by atoms with Gasteiger partial charge in [0.2, 0.25) is 5.91 Å². The van der Waals surface area contributed by atoms with Gasteiger partial charge in [-0.05, 0) is 24.3 Å². The van der Waals surface area contributed by atoms with Crippen LogP contribution in [0, 0.1) is 5.82 Å². The van der Waals surface area contributed by atoms with Crippen LogP contribution in [0.3, 0.4) is 0 Å². The van der Waals surface area contributed by atoms with Gasteiger partial charge in [-0.1, -0.05) is 11.8 Å². The molecule has 1 amide bonds. The lowest BCUT2D eigenvalue weighted by atomic mass is 10.3. The van der Waals surface area contributed by atoms with Crippen LogP contribution >= 0.6 is 23.1 Å². The molecule has 0 saturated heterocycles. The molecular weight excluding hydrogens is 271 g/mol. The molecule has 0 spiro atoms. The Morgan fingerprint density at radius 2 is 2.17 bits per heavy atom. The second-order valence-electron chi connectivity index (χ2n) is 3.45. The summed E-state index contributed by atoms with van der Waals surface area (Å²) in [6.45, 7) is 0. The van der Waals surface area contributed by atoms with Crippen LogP contribution < -0.4 is 5.32 Å². The maximum atomic E-state index is 12.7. The van der Waals surface area contributed by atoms with Crippen molar-refractivity contribution in [2.75, 3.05) is 11.1 Å². The first kappa shape index (κ1) is 13.0. The lowest BCUT2D eigenvalue weighted by molar-refractivity contribution is -0.115. The summed E-state index contributed by atoms with van der Waals surface area (Å²) >= 11 is 3.11. The summed E-state index contributed by atoms with van der Waals surface area (Å²) in [5.41, 5.74) is 0.612. The number of carbonyl (C=O) groups excluding carboxylic acids is 1. The number of thioether (sulfide) groups is 1. The fourth-order valence-electron chi connectivity index (χ4n) is 1.27. The van der Waals surface area contributed by atoms with Crippen LogP contribution in [0.1, 0.15) is 6.42 Å². The fraction of sp³-hybridized carbons (Fsp3) is 0.167. The lowest BCUT2D eigenvalue weighted by Crippen LogP contribution is -2.12. The number of thiazole rings is 1. The van der Waals surface area contributed by atoms with Crippen molar-refractivity contribution in [3.63, 3.8) is 0 Å². The molecule has 18 heavy (non-hydrogen) atoms. The predicted octanol–water partition coefficient (Wildman–Crippen LogP) is 3.40. The number of nitrogens with zero attached hydrogens (tertiary/aromatic N) is 1. The van der Waals surface area contributed by atoms with Crippen molar-refractivity contribution in [2.45, 2.75) is 10.8 Å². The third kappa shape index (κ3) is 4.12. The molecule has 1 aromatic carbocycles. The molecule has 3 nitrogen and oxygen atoms in total. The molecule has 0 aliphatic carbocycles. The molecule has 0 fully saturated rings. The molecule has 1 heterocycles. The van der Waals surface area contributed by atoms with Crippen LogP contribution in [-0.4, -0.2) is 16.6 Å². The number of amides is 1. The van der Waals surface area contributed by atoms with Crippen LogP contribution in [0.5, 0.6) is 0 Å². The lowest BCUT2D eigenvalue weighted by Gasteiger charge is -2.04. The maximum absolute atomic E-state index is 12.7. The van der Waals surface area contributed by atoms with Crippen molar-refractivity contribution in [2.24, 2.45) is 0 Å². The van der Waals surface area contributed by atoms with E-state index in [0.29, 0.717) is 17.9 Å². The quantitative estimate of drug-likeness (QED) is 0.855. The Morgan fingerprint density at radius 3 is 2.83 bits per heavy atom. The van der Waals surface area contributed by atoms with E-state index in [2.05, 4.69) is 10.3 Å². The highest BCUT2D eigenvalue weighted by Gasteiger charge is 2.04. The summed E-state index contributed by atoms with van der Waals surface area (Å²) in [7, 11) is 0. The summed E-state index contributed by atoms with van der Waals surface area (Å²) in [6.07, 6.45) is 2.15. The van der Waals surface area contributed by atoms with Gasteiger partial charge < -0.3 is 5.32 Å². The van der Waals surface area contributed by atoms with Gasteiger partial charge in [-0.25, -0.2) is 9.37 Å². The van der Waals surface area contributed by atoms with E-state index in [-0.39, 0.29) is 11.7 Å². The van der Waals surface area contributed by atoms with Crippen molar-refractivity contribution in [3.8, 4) is 0 Å². The molecule has 1 aromatic heterocycles. The molecule has 94 valence electrons. The Kier molecular flexibility index (Phi) is 4.72. The monoisotopic (exact) mass is 282 g/mol. The molecule has 0 radical (unpaired) electrons. The number of aromatic nitrogens is 1. The maximum Gasteiger partial charge on any atom is 0.225 e. The van der Waals surface area contributed by atoms with Crippen molar-refractivity contribution in [1.29, 1.82) is 0 Å². The van der Waals surface area contributed by atoms with Crippen LogP contribution in [-0.2, 0) is 4.79 Å². The Hall–Kier alpha value is -1.40. The van der Waals surface area contributed by atoms with Gasteiger partial charge in [0.25, 0.3) is 0 Å². The molecule has 0 bridgehead atoms. The average molecular weight is 282 g/mol. The van der Waals surface area contributed by atoms with E-state index < -0.39 is 0 Å². The largest absolute Gasteiger partial charge is 0.326 e. The molecular formula is C12H11FN2OS2. The Morgan fingerprint density at radius 1 is 1.39 bits per heavy atom. The number of hydrogen-bond donors (Lipinski definition) is 1. The number of hydrogen-bond acceptors (Lipinski definition) is 4. The van der Waals surface area contributed by atoms with E-state index in [4.69, 9.17) is 0 Å². The smallest absolute Gasteiger partial charge is 0.225 e. The second kappa shape index (κ2) is 6.51. The second-order valence-corrected chi connectivity index (χ2v) is 5.69. The molecule has 6 heteroatoms. The normalized spacial score (nSPS) is 10.3. The summed E-state index contributed by atoms with van der Waals surface area (Å²) < 4.78 is 13.6. The fourth-order valence-corrected chi connectivity index (χ4v) is 2.92. The molecule has 0 unspecified atom stereocenters. The highest BCUT2D eigenvalue weighted by Crippen LogP contribution is 2.20. The minimum absolute atomic E-state index is 0.0781. The van der Waals surface area contributed by atoms with Crippen molar-refractivity contribution in [1.82, 2.24) is 4.98 Å². The van der Waals surface area contributed by atoms with Crippen LogP contribution in [0.25, 0.3) is 0 Å². The Balaban J connectivity index is 1.73. The van der Waals surface area contributed by atoms with Gasteiger partial charge in [0.1, 0.15) is 10.2 Å². The van der Waals surface area contributed by atoms with E-state index in [0.717, 1.165) is 4.34 Å². The molecule has 2 aromatic rings. The van der Waals surface area contributed by atoms with Crippen molar-refractivity contribution in [3.05, 3.63) is 41.7 Å². The summed E-state index contributed by atoms with van der Waals surface area (Å²) in [4.78, 5) is 15.7. The van der Waals surface area contributed by atoms with Gasteiger partial charge in [0.05, 0.1) is 0 Å². The Labute approximate surface area is 112 Å². The molecule has 1 N–H and O–H groups in total. The predicted molar refractivity (Wildman–Crippen MR) is 72.5 cm³/mol. The van der Waals surface area contributed by atoms with Crippen LogP contribution in [0.4, 0.5) is 10.1 Å². The third-order valence-corrected chi connectivity index (χ3v) is 4.06. The Bertz CT molecular complexity index is 499. The zero-order valence-corrected chi connectivity index (χ0v) is 11.1. The van der Waals surface area contributed by atoms with Crippen molar-refractivity contribution >= 4 is 34.7 Å². The van der Waals surface area contributed by atoms with Gasteiger partial charge >= 0.3 is 0 Å². The highest BCUT2D eigenvalue weighted by atomic mass is 32.2. The van der Waals surface area contributed by atoms with E-state index in [1.807, 2.05) is 5.38 Å². The van der Waals surface area contributed by atoms with Crippen molar-refractivity contribution < 1.29 is 9.18 Å². The molecule has 0 saturated carbocycles. The van der Waals surface area contributed by atoms with Gasteiger partial charge in [-0.15, -0.1) is 11.3 Å². The summed E-state index contributed by atoms with van der Waals surface area (Å²) in [5, 5.41) is 4.62. The van der Waals surface area contributed by atoms with Gasteiger partial charge in [-0.2, -0.15) is 0 Å². The average Bonchev–Trinajstić information content (AvgIpc) is 2.85. The molecule has 0 aliphatic rings. The van der Waals surface area contributed by atoms with Crippen LogP contribution in [0.2, 0.25) is 0 Å². The summed E-state index contributed by atoms with van der Waals surface area (Å²) in [5.74, 6) is 0.290. The molecule has 0 atom stereocenters. The number of benzene rings is 1. The number of nitrogens with one attached hydrogen (secondary N) is 1. The number of carbonyl (C=O) groups is 1. The standard InChI is InChI=1S/C12H11FN2OS2/c13-9-1-3-10(4-2-9)15-11(16)5-7-17-12-14-6-8-18-12/h1-4,6,8H,5,7H2,(H,15,16). The van der Waals surface area contributed by atoms with Gasteiger partial charge in [0.15, 0.2) is 0 Å². The van der Waals surface area contributed by atoms with E-state index in [1.165, 1.54) is 12.1 Å². The number of halogens is 1. The topological polar surface area (TPSA) is 42.0 Å². The van der Waals surface area contributed by atoms with Gasteiger partial charge in [0, 0.05) is 29.4 Å². The first-order chi connectivity index (χ1) is 8.74. The zero-order valence-electron chi connectivity index (χ0n) is 9.43. The molecule has 2 rings (SSSR count). The minimum Gasteiger partial charge on any atom is -0.326 e. The first-order valence-corrected chi connectivity index (χ1v) is 7.18. The third-order valence-electron chi connectivity index (χ3n) is 2.09. The van der Waals surface area contributed by atoms with E-state index in [9.17, 15) is 9.18 Å². The zero-order chi connectivity index (χ0) is 12.8. The van der Waals surface area contributed by atoms with E-state index >= 15 is 0 Å². The minimum atomic E-state index is -0.313. The first-order valence-electron chi connectivity index (χ1n) is 5.32. The molecule has 0 aliphatic heterocycles. The summed E-state index contributed by atoms with van der Waals surface area (Å²) in [6, 6.07) is 5.72. The van der Waals surface area contributed by atoms with E-state index in [1.54, 1.807) is 41.4 Å².